The quantitative estimate of drug-likeness (QED) is 0.772. The molecule has 3 N–H and O–H groups in total. The van der Waals surface area contributed by atoms with Crippen LogP contribution in [0.3, 0.4) is 0 Å². The van der Waals surface area contributed by atoms with Gasteiger partial charge in [-0.25, -0.2) is 4.98 Å². The second kappa shape index (κ2) is 7.32. The van der Waals surface area contributed by atoms with Gasteiger partial charge in [0.25, 0.3) is 0 Å². The maximum Gasteiger partial charge on any atom is 0.144 e. The molecule has 1 rings (SSSR count). The van der Waals surface area contributed by atoms with Gasteiger partial charge in [-0.15, -0.1) is 0 Å². The summed E-state index contributed by atoms with van der Waals surface area (Å²) in [5.74, 6) is 0.668. The van der Waals surface area contributed by atoms with E-state index in [1.54, 1.807) is 19.4 Å². The van der Waals surface area contributed by atoms with E-state index < -0.39 is 0 Å². The van der Waals surface area contributed by atoms with Crippen molar-refractivity contribution in [1.82, 2.24) is 9.88 Å². The van der Waals surface area contributed by atoms with E-state index in [1.807, 2.05) is 7.05 Å². The number of nitrogens with zero attached hydrogens (tertiary/aromatic N) is 2. The Labute approximate surface area is 107 Å². The van der Waals surface area contributed by atoms with Crippen molar-refractivity contribution in [3.8, 4) is 0 Å². The highest BCUT2D eigenvalue weighted by Crippen LogP contribution is 2.20. The molecule has 0 unspecified atom stereocenters. The average Bonchev–Trinajstić information content (AvgIpc) is 2.29. The van der Waals surface area contributed by atoms with Crippen molar-refractivity contribution in [3.05, 3.63) is 17.3 Å². The zero-order valence-electron chi connectivity index (χ0n) is 10.2. The Morgan fingerprint density at radius 2 is 2.29 bits per heavy atom. The molecule has 0 saturated carbocycles. The van der Waals surface area contributed by atoms with Crippen molar-refractivity contribution < 1.29 is 4.74 Å². The van der Waals surface area contributed by atoms with Crippen LogP contribution >= 0.6 is 11.6 Å². The highest BCUT2D eigenvalue weighted by atomic mass is 35.5. The van der Waals surface area contributed by atoms with Crippen LogP contribution in [0.4, 0.5) is 11.5 Å². The number of pyridine rings is 1. The van der Waals surface area contributed by atoms with Gasteiger partial charge in [0.2, 0.25) is 0 Å². The summed E-state index contributed by atoms with van der Waals surface area (Å²) in [7, 11) is 3.74. The van der Waals surface area contributed by atoms with E-state index in [2.05, 4.69) is 15.2 Å². The zero-order valence-corrected chi connectivity index (χ0v) is 11.0. The molecule has 1 aromatic rings. The molecule has 0 aromatic carbocycles. The van der Waals surface area contributed by atoms with Gasteiger partial charge in [-0.3, -0.25) is 0 Å². The maximum absolute atomic E-state index is 5.99. The van der Waals surface area contributed by atoms with Crippen LogP contribution in [0, 0.1) is 0 Å². The summed E-state index contributed by atoms with van der Waals surface area (Å²) < 4.78 is 5.00. The standard InChI is InChI=1S/C11H19ClN4O/c1-16(5-6-17-2)4-3-14-11-10(12)7-9(13)8-15-11/h7-8H,3-6,13H2,1-2H3,(H,14,15). The SMILES string of the molecule is COCCN(C)CCNc1ncc(N)cc1Cl. The summed E-state index contributed by atoms with van der Waals surface area (Å²) in [5, 5.41) is 3.71. The molecule has 0 amide bonds. The van der Waals surface area contributed by atoms with Gasteiger partial charge in [0.05, 0.1) is 23.5 Å². The average molecular weight is 259 g/mol. The molecule has 0 atom stereocenters. The van der Waals surface area contributed by atoms with Gasteiger partial charge in [0.15, 0.2) is 0 Å². The summed E-state index contributed by atoms with van der Waals surface area (Å²) in [6, 6.07) is 1.69. The third kappa shape index (κ3) is 5.21. The van der Waals surface area contributed by atoms with E-state index in [1.165, 1.54) is 0 Å². The highest BCUT2D eigenvalue weighted by molar-refractivity contribution is 6.33. The highest BCUT2D eigenvalue weighted by Gasteiger charge is 2.02. The number of rotatable bonds is 7. The molecule has 0 aliphatic carbocycles. The zero-order chi connectivity index (χ0) is 12.7. The number of hydrogen-bond acceptors (Lipinski definition) is 5. The Morgan fingerprint density at radius 1 is 1.53 bits per heavy atom. The number of hydrogen-bond donors (Lipinski definition) is 2. The van der Waals surface area contributed by atoms with Gasteiger partial charge in [-0.2, -0.15) is 0 Å². The molecule has 0 saturated heterocycles. The molecule has 0 bridgehead atoms. The normalized spacial score (nSPS) is 10.8. The Bertz CT molecular complexity index is 348. The molecule has 0 aliphatic rings. The number of halogens is 1. The fraction of sp³-hybridized carbons (Fsp3) is 0.545. The lowest BCUT2D eigenvalue weighted by molar-refractivity contribution is 0.163. The molecular weight excluding hydrogens is 240 g/mol. The van der Waals surface area contributed by atoms with Crippen LogP contribution in [-0.4, -0.2) is 50.3 Å². The van der Waals surface area contributed by atoms with Crippen molar-refractivity contribution in [2.45, 2.75) is 0 Å². The van der Waals surface area contributed by atoms with Gasteiger partial charge in [-0.1, -0.05) is 11.6 Å². The van der Waals surface area contributed by atoms with Crippen molar-refractivity contribution in [1.29, 1.82) is 0 Å². The number of nitrogens with two attached hydrogens (primary N) is 1. The largest absolute Gasteiger partial charge is 0.397 e. The number of nitrogen functional groups attached to an aromatic ring is 1. The third-order valence-electron chi connectivity index (χ3n) is 2.33. The minimum absolute atomic E-state index is 0.546. The molecule has 0 fully saturated rings. The van der Waals surface area contributed by atoms with Crippen LogP contribution in [0.15, 0.2) is 12.3 Å². The predicted octanol–water partition coefficient (Wildman–Crippen LogP) is 1.31. The summed E-state index contributed by atoms with van der Waals surface area (Å²) in [6.45, 7) is 3.31. The van der Waals surface area contributed by atoms with Crippen LogP contribution in [-0.2, 0) is 4.74 Å². The molecule has 1 heterocycles. The smallest absolute Gasteiger partial charge is 0.144 e. The molecule has 5 nitrogen and oxygen atoms in total. The summed E-state index contributed by atoms with van der Waals surface area (Å²) in [6.07, 6.45) is 1.59. The van der Waals surface area contributed by atoms with Gasteiger partial charge < -0.3 is 20.7 Å². The van der Waals surface area contributed by atoms with Gasteiger partial charge in [0, 0.05) is 26.7 Å². The second-order valence-electron chi connectivity index (χ2n) is 3.82. The monoisotopic (exact) mass is 258 g/mol. The predicted molar refractivity (Wildman–Crippen MR) is 71.5 cm³/mol. The third-order valence-corrected chi connectivity index (χ3v) is 2.61. The van der Waals surface area contributed by atoms with E-state index in [0.717, 1.165) is 26.2 Å². The van der Waals surface area contributed by atoms with E-state index in [0.29, 0.717) is 16.5 Å². The van der Waals surface area contributed by atoms with E-state index >= 15 is 0 Å². The van der Waals surface area contributed by atoms with Crippen LogP contribution in [0.25, 0.3) is 0 Å². The first kappa shape index (κ1) is 14.0. The minimum atomic E-state index is 0.546. The molecular formula is C11H19ClN4O. The molecule has 0 radical (unpaired) electrons. The number of anilines is 2. The Kier molecular flexibility index (Phi) is 6.04. The number of aromatic nitrogens is 1. The molecule has 6 heteroatoms. The van der Waals surface area contributed by atoms with Gasteiger partial charge >= 0.3 is 0 Å². The molecule has 1 aromatic heterocycles. The topological polar surface area (TPSA) is 63.4 Å². The Balaban J connectivity index is 2.30. The van der Waals surface area contributed by atoms with Crippen molar-refractivity contribution >= 4 is 23.1 Å². The lowest BCUT2D eigenvalue weighted by Crippen LogP contribution is -2.28. The number of methoxy groups -OCH3 is 1. The first-order valence-corrected chi connectivity index (χ1v) is 5.83. The van der Waals surface area contributed by atoms with Crippen molar-refractivity contribution in [2.75, 3.05) is 51.4 Å². The number of nitrogens with one attached hydrogen (secondary N) is 1. The van der Waals surface area contributed by atoms with Crippen LogP contribution in [0.2, 0.25) is 5.02 Å². The minimum Gasteiger partial charge on any atom is -0.397 e. The Morgan fingerprint density at radius 3 is 2.94 bits per heavy atom. The first-order chi connectivity index (χ1) is 8.13. The fourth-order valence-corrected chi connectivity index (χ4v) is 1.55. The molecule has 96 valence electrons. The van der Waals surface area contributed by atoms with Crippen LogP contribution in [0.5, 0.6) is 0 Å². The van der Waals surface area contributed by atoms with E-state index in [4.69, 9.17) is 22.1 Å². The van der Waals surface area contributed by atoms with Crippen LogP contribution in [0.1, 0.15) is 0 Å². The van der Waals surface area contributed by atoms with Crippen molar-refractivity contribution in [3.63, 3.8) is 0 Å². The number of likely N-dealkylation sites (N-methyl/N-ethyl adjacent to an activating group) is 1. The Hall–Kier alpha value is -1.04. The lowest BCUT2D eigenvalue weighted by Gasteiger charge is -2.16. The van der Waals surface area contributed by atoms with Crippen molar-refractivity contribution in [2.24, 2.45) is 0 Å². The molecule has 0 spiro atoms. The molecule has 17 heavy (non-hydrogen) atoms. The fourth-order valence-electron chi connectivity index (χ4n) is 1.31. The molecule has 0 aliphatic heterocycles. The maximum atomic E-state index is 5.99. The van der Waals surface area contributed by atoms with Gasteiger partial charge in [-0.05, 0) is 13.1 Å². The van der Waals surface area contributed by atoms with Gasteiger partial charge in [0.1, 0.15) is 5.82 Å². The lowest BCUT2D eigenvalue weighted by atomic mass is 10.4. The first-order valence-electron chi connectivity index (χ1n) is 5.46. The van der Waals surface area contributed by atoms with E-state index in [-0.39, 0.29) is 0 Å². The second-order valence-corrected chi connectivity index (χ2v) is 4.23. The summed E-state index contributed by atoms with van der Waals surface area (Å²) in [5.41, 5.74) is 6.13. The van der Waals surface area contributed by atoms with E-state index in [9.17, 15) is 0 Å². The van der Waals surface area contributed by atoms with Crippen LogP contribution < -0.4 is 11.1 Å². The number of ether oxygens (including phenoxy) is 1. The summed E-state index contributed by atoms with van der Waals surface area (Å²) in [4.78, 5) is 6.29. The summed E-state index contributed by atoms with van der Waals surface area (Å²) >= 11 is 5.99.